The number of carbonyl (C=O) groups excluding carboxylic acids is 1. The first-order valence-electron chi connectivity index (χ1n) is 14.6. The maximum absolute atomic E-state index is 13.1. The summed E-state index contributed by atoms with van der Waals surface area (Å²) in [5.41, 5.74) is 4.38. The standard InChI is InChI=1S/C31H37N5O5S2/c1-31(2,3)22-5-7-24(8-6-22)34-36-27(21-4-13-28-26(18-21)33-29(37)19-41-28)20-42-30(36)32-23-9-11-25(12-10-23)43(38,39)35-14-16-40-17-15-35/h4,9-13,18,20,22H,5-8,14-17,19H2,1-3H3,(H,33,37). The van der Waals surface area contributed by atoms with Crippen LogP contribution in [0, 0.1) is 11.3 Å². The van der Waals surface area contributed by atoms with Crippen molar-refractivity contribution in [1.29, 1.82) is 0 Å². The molecule has 10 nitrogen and oxygen atoms in total. The van der Waals surface area contributed by atoms with E-state index in [1.165, 1.54) is 15.6 Å². The summed E-state index contributed by atoms with van der Waals surface area (Å²) >= 11 is 1.46. The number of amides is 1. The smallest absolute Gasteiger partial charge is 0.262 e. The highest BCUT2D eigenvalue weighted by atomic mass is 32.2. The molecule has 1 saturated heterocycles. The number of benzene rings is 2. The Morgan fingerprint density at radius 3 is 2.44 bits per heavy atom. The molecule has 0 radical (unpaired) electrons. The van der Waals surface area contributed by atoms with Crippen molar-refractivity contribution in [3.63, 3.8) is 0 Å². The van der Waals surface area contributed by atoms with Crippen LogP contribution in [0.4, 0.5) is 11.4 Å². The largest absolute Gasteiger partial charge is 0.482 e. The van der Waals surface area contributed by atoms with Gasteiger partial charge in [-0.25, -0.2) is 18.1 Å². The number of nitrogens with one attached hydrogen (secondary N) is 1. The van der Waals surface area contributed by atoms with Crippen LogP contribution in [0.5, 0.6) is 5.75 Å². The molecule has 1 aromatic heterocycles. The van der Waals surface area contributed by atoms with Gasteiger partial charge in [-0.2, -0.15) is 9.41 Å². The third kappa shape index (κ3) is 6.47. The lowest BCUT2D eigenvalue weighted by atomic mass is 9.72. The number of rotatable bonds is 5. The molecule has 0 unspecified atom stereocenters. The fourth-order valence-electron chi connectivity index (χ4n) is 5.71. The van der Waals surface area contributed by atoms with Crippen molar-refractivity contribution in [3.8, 4) is 17.0 Å². The van der Waals surface area contributed by atoms with Gasteiger partial charge >= 0.3 is 0 Å². The average molecular weight is 624 g/mol. The van der Waals surface area contributed by atoms with Gasteiger partial charge in [0, 0.05) is 29.7 Å². The second-order valence-corrected chi connectivity index (χ2v) is 15.0. The monoisotopic (exact) mass is 623 g/mol. The molecule has 1 amide bonds. The van der Waals surface area contributed by atoms with Gasteiger partial charge in [0.1, 0.15) is 5.75 Å². The number of anilines is 1. The Morgan fingerprint density at radius 1 is 1.02 bits per heavy atom. The van der Waals surface area contributed by atoms with Crippen LogP contribution in [0.25, 0.3) is 11.3 Å². The number of sulfonamides is 1. The average Bonchev–Trinajstić information content (AvgIpc) is 3.38. The molecule has 2 fully saturated rings. The zero-order chi connectivity index (χ0) is 30.2. The van der Waals surface area contributed by atoms with Crippen LogP contribution < -0.4 is 14.9 Å². The molecule has 3 heterocycles. The van der Waals surface area contributed by atoms with Gasteiger partial charge in [0.25, 0.3) is 5.91 Å². The third-order valence-electron chi connectivity index (χ3n) is 8.29. The molecule has 2 aromatic carbocycles. The maximum Gasteiger partial charge on any atom is 0.262 e. The summed E-state index contributed by atoms with van der Waals surface area (Å²) in [6, 6.07) is 12.4. The van der Waals surface area contributed by atoms with E-state index < -0.39 is 10.0 Å². The van der Waals surface area contributed by atoms with Crippen LogP contribution in [-0.2, 0) is 19.6 Å². The van der Waals surface area contributed by atoms with E-state index in [1.807, 2.05) is 28.3 Å². The van der Waals surface area contributed by atoms with Crippen LogP contribution in [0.2, 0.25) is 0 Å². The molecule has 1 aliphatic carbocycles. The summed E-state index contributed by atoms with van der Waals surface area (Å²) < 4.78 is 40.4. The second-order valence-electron chi connectivity index (χ2n) is 12.2. The SMILES string of the molecule is CC(C)(C)C1CCC(=Nn2c(-c3ccc4c(c3)NC(=O)CO4)csc2=Nc2ccc(S(=O)(=O)N3CCOCC3)cc2)CC1. The molecule has 1 saturated carbocycles. The van der Waals surface area contributed by atoms with Crippen molar-refractivity contribution in [2.75, 3.05) is 38.2 Å². The van der Waals surface area contributed by atoms with Gasteiger partial charge in [-0.3, -0.25) is 4.79 Å². The topological polar surface area (TPSA) is 115 Å². The Kier molecular flexibility index (Phi) is 8.29. The summed E-state index contributed by atoms with van der Waals surface area (Å²) in [6.45, 7) is 8.41. The molecule has 3 aromatic rings. The number of hydrogen-bond acceptors (Lipinski definition) is 8. The number of hydrogen-bond donors (Lipinski definition) is 1. The van der Waals surface area contributed by atoms with Crippen molar-refractivity contribution in [2.45, 2.75) is 51.3 Å². The number of carbonyl (C=O) groups is 1. The van der Waals surface area contributed by atoms with Crippen LogP contribution in [0.1, 0.15) is 46.5 Å². The molecule has 43 heavy (non-hydrogen) atoms. The van der Waals surface area contributed by atoms with Crippen molar-refractivity contribution < 1.29 is 22.7 Å². The zero-order valence-electron chi connectivity index (χ0n) is 24.7. The normalized spacial score (nSPS) is 20.3. The van der Waals surface area contributed by atoms with E-state index in [9.17, 15) is 13.2 Å². The molecular weight excluding hydrogens is 587 g/mol. The molecule has 6 rings (SSSR count). The summed E-state index contributed by atoms with van der Waals surface area (Å²) in [5.74, 6) is 1.10. The van der Waals surface area contributed by atoms with E-state index >= 15 is 0 Å². The number of ether oxygens (including phenoxy) is 2. The molecular formula is C31H37N5O5S2. The minimum absolute atomic E-state index is 0.00355. The second kappa shape index (κ2) is 12.0. The lowest BCUT2D eigenvalue weighted by molar-refractivity contribution is -0.118. The first-order valence-corrected chi connectivity index (χ1v) is 17.0. The fourth-order valence-corrected chi connectivity index (χ4v) is 7.97. The van der Waals surface area contributed by atoms with Crippen LogP contribution in [0.15, 0.2) is 62.8 Å². The first-order chi connectivity index (χ1) is 20.6. The lowest BCUT2D eigenvalue weighted by Crippen LogP contribution is -2.40. The highest BCUT2D eigenvalue weighted by Crippen LogP contribution is 2.37. The van der Waals surface area contributed by atoms with Gasteiger partial charge in [-0.1, -0.05) is 20.8 Å². The van der Waals surface area contributed by atoms with Gasteiger partial charge in [0.2, 0.25) is 14.8 Å². The quantitative estimate of drug-likeness (QED) is 0.418. The van der Waals surface area contributed by atoms with Gasteiger partial charge in [-0.05, 0) is 79.5 Å². The zero-order valence-corrected chi connectivity index (χ0v) is 26.3. The summed E-state index contributed by atoms with van der Waals surface area (Å²) in [7, 11) is -3.59. The molecule has 0 atom stereocenters. The highest BCUT2D eigenvalue weighted by molar-refractivity contribution is 7.89. The van der Waals surface area contributed by atoms with Crippen LogP contribution >= 0.6 is 11.3 Å². The molecule has 2 aliphatic heterocycles. The molecule has 12 heteroatoms. The molecule has 1 N–H and O–H groups in total. The lowest BCUT2D eigenvalue weighted by Gasteiger charge is -2.34. The number of aromatic nitrogens is 1. The Balaban J connectivity index is 1.36. The summed E-state index contributed by atoms with van der Waals surface area (Å²) in [4.78, 5) is 17.8. The van der Waals surface area contributed by atoms with E-state index in [2.05, 4.69) is 26.1 Å². The Labute approximate surface area is 256 Å². The highest BCUT2D eigenvalue weighted by Gasteiger charge is 2.29. The number of fused-ring (bicyclic) bond motifs is 1. The first kappa shape index (κ1) is 29.7. The van der Waals surface area contributed by atoms with Gasteiger partial charge in [0.05, 0.1) is 35.2 Å². The Bertz CT molecular complexity index is 1700. The Hall–Kier alpha value is -3.32. The van der Waals surface area contributed by atoms with Crippen molar-refractivity contribution in [2.24, 2.45) is 21.4 Å². The van der Waals surface area contributed by atoms with Crippen LogP contribution in [-0.4, -0.2) is 61.9 Å². The Morgan fingerprint density at radius 2 is 1.74 bits per heavy atom. The van der Waals surface area contributed by atoms with E-state index in [-0.39, 0.29) is 22.8 Å². The van der Waals surface area contributed by atoms with Gasteiger partial charge in [-0.15, -0.1) is 11.3 Å². The van der Waals surface area contributed by atoms with Crippen molar-refractivity contribution in [3.05, 3.63) is 52.6 Å². The molecule has 3 aliphatic rings. The minimum atomic E-state index is -3.59. The van der Waals surface area contributed by atoms with E-state index in [1.54, 1.807) is 24.3 Å². The third-order valence-corrected chi connectivity index (χ3v) is 11.0. The van der Waals surface area contributed by atoms with Crippen molar-refractivity contribution >= 4 is 44.4 Å². The number of nitrogens with zero attached hydrogens (tertiary/aromatic N) is 4. The predicted molar refractivity (Wildman–Crippen MR) is 167 cm³/mol. The fraction of sp³-hybridized carbons (Fsp3) is 0.452. The minimum Gasteiger partial charge on any atom is -0.482 e. The van der Waals surface area contributed by atoms with Gasteiger partial charge in [0.15, 0.2) is 6.61 Å². The number of thiazole rings is 1. The van der Waals surface area contributed by atoms with Crippen LogP contribution in [0.3, 0.4) is 0 Å². The summed E-state index contributed by atoms with van der Waals surface area (Å²) in [6.07, 6.45) is 4.03. The predicted octanol–water partition coefficient (Wildman–Crippen LogP) is 5.24. The molecule has 228 valence electrons. The van der Waals surface area contributed by atoms with E-state index in [4.69, 9.17) is 19.6 Å². The van der Waals surface area contributed by atoms with E-state index in [0.717, 1.165) is 42.7 Å². The molecule has 0 spiro atoms. The summed E-state index contributed by atoms with van der Waals surface area (Å²) in [5, 5.41) is 10.0. The van der Waals surface area contributed by atoms with Crippen molar-refractivity contribution in [1.82, 2.24) is 8.98 Å². The van der Waals surface area contributed by atoms with E-state index in [0.29, 0.717) is 54.1 Å². The molecule has 0 bridgehead atoms. The maximum atomic E-state index is 13.1. The van der Waals surface area contributed by atoms with Gasteiger partial charge < -0.3 is 14.8 Å². The number of morpholine rings is 1.